The molecule has 0 saturated heterocycles. The van der Waals surface area contributed by atoms with Crippen molar-refractivity contribution in [2.75, 3.05) is 24.2 Å². The fourth-order valence-corrected chi connectivity index (χ4v) is 2.93. The number of halogens is 1. The summed E-state index contributed by atoms with van der Waals surface area (Å²) in [5, 5.41) is 18.8. The molecule has 0 spiro atoms. The molecular weight excluding hydrogens is 399 g/mol. The quantitative estimate of drug-likeness (QED) is 0.495. The Morgan fingerprint density at radius 1 is 1.19 bits per heavy atom. The molecule has 2 aromatic heterocycles. The maximum atomic E-state index is 14.5. The monoisotopic (exact) mass is 426 g/mol. The Balaban J connectivity index is 1.84. The molecule has 0 aliphatic heterocycles. The van der Waals surface area contributed by atoms with Crippen LogP contribution in [0.1, 0.15) is 26.3 Å². The van der Waals surface area contributed by atoms with Crippen molar-refractivity contribution in [1.29, 1.82) is 0 Å². The number of nitrogens with one attached hydrogen (secondary N) is 3. The molecule has 9 heteroatoms. The molecule has 0 radical (unpaired) electrons. The van der Waals surface area contributed by atoms with Gasteiger partial charge in [-0.1, -0.05) is 20.8 Å². The van der Waals surface area contributed by atoms with Crippen molar-refractivity contribution in [3.8, 4) is 11.1 Å². The molecule has 0 fully saturated rings. The number of fused-ring (bicyclic) bond motifs is 1. The van der Waals surface area contributed by atoms with E-state index < -0.39 is 18.0 Å². The van der Waals surface area contributed by atoms with Crippen LogP contribution in [0.4, 0.5) is 20.8 Å². The predicted molar refractivity (Wildman–Crippen MR) is 119 cm³/mol. The topological polar surface area (TPSA) is 112 Å². The fraction of sp³-hybridized carbons (Fsp3) is 0.364. The molecular formula is C22H27FN6O2. The minimum absolute atomic E-state index is 0.0326. The highest BCUT2D eigenvalue weighted by Gasteiger charge is 2.22. The Labute approximate surface area is 180 Å². The number of pyridine rings is 1. The smallest absolute Gasteiger partial charge is 0.319 e. The molecule has 1 unspecified atom stereocenters. The number of hydrogen-bond donors (Lipinski definition) is 4. The normalized spacial score (nSPS) is 12.5. The van der Waals surface area contributed by atoms with Gasteiger partial charge in [-0.15, -0.1) is 0 Å². The molecule has 4 N–H and O–H groups in total. The second-order valence-corrected chi connectivity index (χ2v) is 8.44. The lowest BCUT2D eigenvalue weighted by Gasteiger charge is -2.25. The maximum absolute atomic E-state index is 14.5. The van der Waals surface area contributed by atoms with E-state index in [1.807, 2.05) is 26.8 Å². The van der Waals surface area contributed by atoms with Crippen LogP contribution in [0.25, 0.3) is 22.2 Å². The number of aliphatic hydroxyl groups excluding tert-OH is 1. The summed E-state index contributed by atoms with van der Waals surface area (Å²) in [4.78, 5) is 25.1. The molecule has 2 heterocycles. The molecule has 0 bridgehead atoms. The van der Waals surface area contributed by atoms with Crippen LogP contribution in [-0.4, -0.2) is 45.8 Å². The van der Waals surface area contributed by atoms with Crippen LogP contribution in [0.15, 0.2) is 30.6 Å². The summed E-state index contributed by atoms with van der Waals surface area (Å²) < 4.78 is 14.5. The third-order valence-corrected chi connectivity index (χ3v) is 4.99. The Morgan fingerprint density at radius 3 is 2.61 bits per heavy atom. The number of carbonyl (C=O) groups excluding carboxylic acids is 1. The van der Waals surface area contributed by atoms with Crippen LogP contribution in [-0.2, 0) is 0 Å². The molecule has 0 saturated carbocycles. The second kappa shape index (κ2) is 8.81. The highest BCUT2D eigenvalue weighted by Crippen LogP contribution is 2.30. The lowest BCUT2D eigenvalue weighted by Crippen LogP contribution is -2.41. The zero-order chi connectivity index (χ0) is 22.8. The van der Waals surface area contributed by atoms with Crippen molar-refractivity contribution < 1.29 is 14.3 Å². The minimum atomic E-state index is -0.731. The Kier molecular flexibility index (Phi) is 6.35. The van der Waals surface area contributed by atoms with Crippen molar-refractivity contribution in [2.24, 2.45) is 5.41 Å². The molecule has 2 amide bonds. The summed E-state index contributed by atoms with van der Waals surface area (Å²) in [6.45, 7) is 7.44. The van der Waals surface area contributed by atoms with E-state index in [1.54, 1.807) is 32.4 Å². The Morgan fingerprint density at radius 2 is 1.94 bits per heavy atom. The van der Waals surface area contributed by atoms with Crippen LogP contribution >= 0.6 is 0 Å². The maximum Gasteiger partial charge on any atom is 0.319 e. The third-order valence-electron chi connectivity index (χ3n) is 4.99. The number of carbonyl (C=O) groups is 1. The van der Waals surface area contributed by atoms with Crippen molar-refractivity contribution in [3.63, 3.8) is 0 Å². The average molecular weight is 426 g/mol. The number of aromatic nitrogens is 3. The number of aryl methyl sites for hydroxylation is 1. The first-order chi connectivity index (χ1) is 14.6. The first-order valence-electron chi connectivity index (χ1n) is 9.92. The van der Waals surface area contributed by atoms with E-state index in [-0.39, 0.29) is 17.6 Å². The first-order valence-corrected chi connectivity index (χ1v) is 9.92. The number of hydrogen-bond acceptors (Lipinski definition) is 6. The summed E-state index contributed by atoms with van der Waals surface area (Å²) in [5.74, 6) is -0.0803. The number of nitrogens with zero attached hydrogens (tertiary/aromatic N) is 3. The van der Waals surface area contributed by atoms with Gasteiger partial charge in [0.2, 0.25) is 5.95 Å². The van der Waals surface area contributed by atoms with Crippen LogP contribution < -0.4 is 16.0 Å². The largest absolute Gasteiger partial charge is 0.391 e. The van der Waals surface area contributed by atoms with Gasteiger partial charge in [-0.2, -0.15) is 4.98 Å². The summed E-state index contributed by atoms with van der Waals surface area (Å²) >= 11 is 0. The Hall–Kier alpha value is -3.33. The molecule has 164 valence electrons. The zero-order valence-electron chi connectivity index (χ0n) is 18.2. The van der Waals surface area contributed by atoms with E-state index in [0.717, 1.165) is 16.5 Å². The van der Waals surface area contributed by atoms with Gasteiger partial charge in [-0.05, 0) is 41.7 Å². The number of benzene rings is 1. The molecule has 0 aliphatic carbocycles. The van der Waals surface area contributed by atoms with E-state index in [2.05, 4.69) is 30.9 Å². The molecule has 0 aliphatic rings. The van der Waals surface area contributed by atoms with Gasteiger partial charge < -0.3 is 21.1 Å². The lowest BCUT2D eigenvalue weighted by atomic mass is 9.89. The van der Waals surface area contributed by atoms with Gasteiger partial charge in [0, 0.05) is 36.9 Å². The third kappa shape index (κ3) is 5.24. The van der Waals surface area contributed by atoms with Gasteiger partial charge in [-0.3, -0.25) is 0 Å². The minimum Gasteiger partial charge on any atom is -0.391 e. The van der Waals surface area contributed by atoms with E-state index in [1.165, 1.54) is 6.07 Å². The highest BCUT2D eigenvalue weighted by atomic mass is 19.1. The van der Waals surface area contributed by atoms with Crippen molar-refractivity contribution in [2.45, 2.75) is 33.8 Å². The predicted octanol–water partition coefficient (Wildman–Crippen LogP) is 3.71. The van der Waals surface area contributed by atoms with Gasteiger partial charge >= 0.3 is 6.03 Å². The van der Waals surface area contributed by atoms with Crippen molar-refractivity contribution in [1.82, 2.24) is 20.3 Å². The van der Waals surface area contributed by atoms with Gasteiger partial charge in [0.05, 0.1) is 11.8 Å². The van der Waals surface area contributed by atoms with E-state index in [9.17, 15) is 14.3 Å². The zero-order valence-corrected chi connectivity index (χ0v) is 18.2. The lowest BCUT2D eigenvalue weighted by molar-refractivity contribution is 0.0654. The van der Waals surface area contributed by atoms with E-state index in [0.29, 0.717) is 17.2 Å². The molecule has 8 nitrogen and oxygen atoms in total. The van der Waals surface area contributed by atoms with Crippen LogP contribution in [0.3, 0.4) is 0 Å². The first kappa shape index (κ1) is 22.4. The number of urea groups is 1. The van der Waals surface area contributed by atoms with Crippen LogP contribution in [0, 0.1) is 18.2 Å². The molecule has 1 atom stereocenters. The van der Waals surface area contributed by atoms with Crippen molar-refractivity contribution in [3.05, 3.63) is 42.0 Å². The van der Waals surface area contributed by atoms with Crippen molar-refractivity contribution >= 4 is 28.7 Å². The fourth-order valence-electron chi connectivity index (χ4n) is 2.93. The van der Waals surface area contributed by atoms with Gasteiger partial charge in [0.1, 0.15) is 5.82 Å². The van der Waals surface area contributed by atoms with Crippen LogP contribution in [0.5, 0.6) is 0 Å². The molecule has 1 aromatic carbocycles. The van der Waals surface area contributed by atoms with Gasteiger partial charge in [-0.25, -0.2) is 19.2 Å². The van der Waals surface area contributed by atoms with Crippen LogP contribution in [0.2, 0.25) is 0 Å². The number of rotatable bonds is 5. The molecule has 31 heavy (non-hydrogen) atoms. The number of anilines is 2. The van der Waals surface area contributed by atoms with Gasteiger partial charge in [0.25, 0.3) is 0 Å². The Bertz CT molecular complexity index is 1110. The van der Waals surface area contributed by atoms with E-state index in [4.69, 9.17) is 0 Å². The summed E-state index contributed by atoms with van der Waals surface area (Å²) in [5.41, 5.74) is 2.36. The highest BCUT2D eigenvalue weighted by molar-refractivity contribution is 5.91. The molecule has 3 rings (SSSR count). The molecule has 3 aromatic rings. The number of amides is 2. The second-order valence-electron chi connectivity index (χ2n) is 8.44. The summed E-state index contributed by atoms with van der Waals surface area (Å²) in [6.07, 6.45) is 2.58. The summed E-state index contributed by atoms with van der Waals surface area (Å²) in [7, 11) is 1.73. The SMILES string of the molecule is CNc1ncc2cc(-c3cc(NC(=O)NCC(O)C(C)(C)C)c(F)cc3C)cnc2n1. The number of aliphatic hydroxyl groups is 1. The average Bonchev–Trinajstić information content (AvgIpc) is 2.72. The van der Waals surface area contributed by atoms with E-state index >= 15 is 0 Å². The van der Waals surface area contributed by atoms with Gasteiger partial charge in [0.15, 0.2) is 5.65 Å². The summed E-state index contributed by atoms with van der Waals surface area (Å²) in [6, 6.07) is 4.20. The standard InChI is InChI=1S/C22H27FN6O2/c1-12-6-16(23)17(28-21(31)27-11-18(30)22(2,3)4)8-15(12)13-7-14-10-26-20(24-5)29-19(14)25-9-13/h6-10,18,30H,11H2,1-5H3,(H2,27,28,31)(H,24,25,26,29).